The number of rotatable bonds is 7. The molecular formula is C23H18N2O6. The summed E-state index contributed by atoms with van der Waals surface area (Å²) in [4.78, 5) is 46.7. The summed E-state index contributed by atoms with van der Waals surface area (Å²) in [6.45, 7) is 1.38. The van der Waals surface area contributed by atoms with Crippen LogP contribution in [0.15, 0.2) is 72.8 Å². The highest BCUT2D eigenvalue weighted by molar-refractivity contribution is 6.04. The molecule has 8 heteroatoms. The number of carbonyl (C=O) groups is 3. The third-order valence-corrected chi connectivity index (χ3v) is 4.41. The molecule has 0 aliphatic carbocycles. The Balaban J connectivity index is 1.57. The van der Waals surface area contributed by atoms with E-state index in [9.17, 15) is 24.5 Å². The molecule has 8 nitrogen and oxygen atoms in total. The molecule has 156 valence electrons. The standard InChI is InChI=1S/C23H18N2O6/c1-15-5-7-16(8-6-15)22(27)24-19-11-9-17(10-12-19)23(28)31-14-21(26)18-3-2-4-20(13-18)25(29)30/h2-13H,14H2,1H3,(H,24,27). The fraction of sp³-hybridized carbons (Fsp3) is 0.0870. The van der Waals surface area contributed by atoms with E-state index in [1.54, 1.807) is 24.3 Å². The number of aryl methyl sites for hydroxylation is 1. The highest BCUT2D eigenvalue weighted by Gasteiger charge is 2.15. The first-order chi connectivity index (χ1) is 14.8. The molecule has 0 fully saturated rings. The number of ether oxygens (including phenoxy) is 1. The van der Waals surface area contributed by atoms with E-state index in [1.165, 1.54) is 30.3 Å². The topological polar surface area (TPSA) is 116 Å². The highest BCUT2D eigenvalue weighted by Crippen LogP contribution is 2.15. The lowest BCUT2D eigenvalue weighted by Gasteiger charge is -2.07. The van der Waals surface area contributed by atoms with Crippen molar-refractivity contribution in [1.82, 2.24) is 0 Å². The number of carbonyl (C=O) groups excluding carboxylic acids is 3. The summed E-state index contributed by atoms with van der Waals surface area (Å²) in [5.41, 5.74) is 2.10. The summed E-state index contributed by atoms with van der Waals surface area (Å²) < 4.78 is 5.00. The average molecular weight is 418 g/mol. The maximum atomic E-state index is 12.2. The highest BCUT2D eigenvalue weighted by atomic mass is 16.6. The van der Waals surface area contributed by atoms with E-state index >= 15 is 0 Å². The average Bonchev–Trinajstić information content (AvgIpc) is 2.78. The first-order valence-corrected chi connectivity index (χ1v) is 9.26. The van der Waals surface area contributed by atoms with Crippen molar-refractivity contribution in [2.75, 3.05) is 11.9 Å². The van der Waals surface area contributed by atoms with Crippen LogP contribution in [-0.2, 0) is 4.74 Å². The number of nitrogens with one attached hydrogen (secondary N) is 1. The Morgan fingerprint density at radius 3 is 2.19 bits per heavy atom. The number of amides is 1. The minimum absolute atomic E-state index is 0.0798. The minimum atomic E-state index is -0.727. The van der Waals surface area contributed by atoms with Crippen LogP contribution in [0.3, 0.4) is 0 Å². The van der Waals surface area contributed by atoms with Crippen LogP contribution in [0.25, 0.3) is 0 Å². The molecule has 31 heavy (non-hydrogen) atoms. The van der Waals surface area contributed by atoms with Gasteiger partial charge in [0.1, 0.15) is 0 Å². The number of benzene rings is 3. The molecule has 1 amide bonds. The van der Waals surface area contributed by atoms with Crippen LogP contribution in [-0.4, -0.2) is 29.2 Å². The lowest BCUT2D eigenvalue weighted by molar-refractivity contribution is -0.384. The Bertz CT molecular complexity index is 1140. The second-order valence-corrected chi connectivity index (χ2v) is 6.70. The predicted molar refractivity (Wildman–Crippen MR) is 113 cm³/mol. The minimum Gasteiger partial charge on any atom is -0.454 e. The van der Waals surface area contributed by atoms with E-state index < -0.39 is 23.3 Å². The van der Waals surface area contributed by atoms with Crippen molar-refractivity contribution in [2.24, 2.45) is 0 Å². The van der Waals surface area contributed by atoms with Crippen LogP contribution in [0, 0.1) is 17.0 Å². The van der Waals surface area contributed by atoms with Crippen molar-refractivity contribution in [1.29, 1.82) is 0 Å². The summed E-state index contributed by atoms with van der Waals surface area (Å²) in [5, 5.41) is 13.5. The molecule has 0 aliphatic heterocycles. The van der Waals surface area contributed by atoms with Crippen LogP contribution in [0.4, 0.5) is 11.4 Å². The molecule has 0 bridgehead atoms. The van der Waals surface area contributed by atoms with Gasteiger partial charge in [0.05, 0.1) is 10.5 Å². The summed E-state index contributed by atoms with van der Waals surface area (Å²) in [6, 6.07) is 18.3. The Kier molecular flexibility index (Phi) is 6.51. The summed E-state index contributed by atoms with van der Waals surface area (Å²) >= 11 is 0. The van der Waals surface area contributed by atoms with Crippen LogP contribution in [0.5, 0.6) is 0 Å². The molecule has 0 saturated heterocycles. The number of nitro groups is 1. The molecule has 0 spiro atoms. The molecule has 0 radical (unpaired) electrons. The molecule has 0 aromatic heterocycles. The number of hydrogen-bond acceptors (Lipinski definition) is 6. The van der Waals surface area contributed by atoms with Gasteiger partial charge < -0.3 is 10.1 Å². The first kappa shape index (κ1) is 21.4. The van der Waals surface area contributed by atoms with Gasteiger partial charge in [0.2, 0.25) is 5.78 Å². The molecule has 3 aromatic rings. The Morgan fingerprint density at radius 1 is 0.903 bits per heavy atom. The van der Waals surface area contributed by atoms with Gasteiger partial charge in [0.15, 0.2) is 6.61 Å². The van der Waals surface area contributed by atoms with Gasteiger partial charge in [-0.15, -0.1) is 0 Å². The third-order valence-electron chi connectivity index (χ3n) is 4.41. The number of nitrogens with zero attached hydrogens (tertiary/aromatic N) is 1. The maximum Gasteiger partial charge on any atom is 0.338 e. The van der Waals surface area contributed by atoms with Gasteiger partial charge in [0, 0.05) is 28.9 Å². The Hall–Kier alpha value is -4.33. The van der Waals surface area contributed by atoms with E-state index in [-0.39, 0.29) is 22.7 Å². The molecule has 0 aliphatic rings. The Labute approximate surface area is 177 Å². The van der Waals surface area contributed by atoms with E-state index in [2.05, 4.69) is 5.32 Å². The van der Waals surface area contributed by atoms with E-state index in [1.807, 2.05) is 19.1 Å². The number of anilines is 1. The number of nitro benzene ring substituents is 1. The smallest absolute Gasteiger partial charge is 0.338 e. The van der Waals surface area contributed by atoms with Gasteiger partial charge in [-0.1, -0.05) is 29.8 Å². The fourth-order valence-electron chi connectivity index (χ4n) is 2.69. The predicted octanol–water partition coefficient (Wildman–Crippen LogP) is 4.20. The molecule has 0 heterocycles. The quantitative estimate of drug-likeness (QED) is 0.266. The lowest BCUT2D eigenvalue weighted by atomic mass is 10.1. The van der Waals surface area contributed by atoms with E-state index in [4.69, 9.17) is 4.74 Å². The number of esters is 1. The van der Waals surface area contributed by atoms with Crippen LogP contribution < -0.4 is 5.32 Å². The van der Waals surface area contributed by atoms with Gasteiger partial charge in [-0.05, 0) is 43.3 Å². The molecule has 3 aromatic carbocycles. The summed E-state index contributed by atoms with van der Waals surface area (Å²) in [5.74, 6) is -1.56. The summed E-state index contributed by atoms with van der Waals surface area (Å²) in [7, 11) is 0. The first-order valence-electron chi connectivity index (χ1n) is 9.26. The Morgan fingerprint density at radius 2 is 1.55 bits per heavy atom. The molecular weight excluding hydrogens is 400 g/mol. The van der Waals surface area contributed by atoms with Crippen LogP contribution >= 0.6 is 0 Å². The number of ketones is 1. The SMILES string of the molecule is Cc1ccc(C(=O)Nc2ccc(C(=O)OCC(=O)c3cccc([N+](=O)[O-])c3)cc2)cc1. The molecule has 0 atom stereocenters. The van der Waals surface area contributed by atoms with Crippen molar-refractivity contribution in [2.45, 2.75) is 6.92 Å². The zero-order chi connectivity index (χ0) is 22.4. The van der Waals surface area contributed by atoms with E-state index in [0.29, 0.717) is 11.3 Å². The van der Waals surface area contributed by atoms with Crippen molar-refractivity contribution in [3.63, 3.8) is 0 Å². The van der Waals surface area contributed by atoms with Gasteiger partial charge in [-0.3, -0.25) is 19.7 Å². The van der Waals surface area contributed by atoms with E-state index in [0.717, 1.165) is 11.6 Å². The lowest BCUT2D eigenvalue weighted by Crippen LogP contribution is -2.15. The van der Waals surface area contributed by atoms with Gasteiger partial charge in [-0.2, -0.15) is 0 Å². The molecule has 3 rings (SSSR count). The molecule has 0 saturated carbocycles. The van der Waals surface area contributed by atoms with Crippen LogP contribution in [0.1, 0.15) is 36.6 Å². The van der Waals surface area contributed by atoms with Gasteiger partial charge in [0.25, 0.3) is 11.6 Å². The molecule has 0 unspecified atom stereocenters. The van der Waals surface area contributed by atoms with Crippen molar-refractivity contribution in [3.05, 3.63) is 105 Å². The molecule has 1 N–H and O–H groups in total. The number of hydrogen-bond donors (Lipinski definition) is 1. The summed E-state index contributed by atoms with van der Waals surface area (Å²) in [6.07, 6.45) is 0. The van der Waals surface area contributed by atoms with Crippen molar-refractivity contribution in [3.8, 4) is 0 Å². The van der Waals surface area contributed by atoms with Crippen molar-refractivity contribution < 1.29 is 24.0 Å². The van der Waals surface area contributed by atoms with Crippen LogP contribution in [0.2, 0.25) is 0 Å². The largest absolute Gasteiger partial charge is 0.454 e. The normalized spacial score (nSPS) is 10.2. The zero-order valence-corrected chi connectivity index (χ0v) is 16.5. The maximum absolute atomic E-state index is 12.2. The second-order valence-electron chi connectivity index (χ2n) is 6.70. The fourth-order valence-corrected chi connectivity index (χ4v) is 2.69. The monoisotopic (exact) mass is 418 g/mol. The van der Waals surface area contributed by atoms with Gasteiger partial charge >= 0.3 is 5.97 Å². The van der Waals surface area contributed by atoms with Gasteiger partial charge in [-0.25, -0.2) is 4.79 Å². The van der Waals surface area contributed by atoms with Crippen molar-refractivity contribution >= 4 is 29.0 Å². The number of non-ortho nitro benzene ring substituents is 1. The third kappa shape index (κ3) is 5.60. The second kappa shape index (κ2) is 9.45. The number of Topliss-reactive ketones (excluding diaryl/α,β-unsaturated/α-hetero) is 1. The zero-order valence-electron chi connectivity index (χ0n) is 16.5.